The molecule has 1 unspecified atom stereocenters. The van der Waals surface area contributed by atoms with Crippen LogP contribution in [0.1, 0.15) is 18.9 Å². The second kappa shape index (κ2) is 5.25. The fourth-order valence-electron chi connectivity index (χ4n) is 0.942. The molecular formula is C10H13BrO2. The fourth-order valence-corrected chi connectivity index (χ4v) is 1.29. The Bertz CT molecular complexity index is 263. The molecule has 1 rings (SSSR count). The van der Waals surface area contributed by atoms with Gasteiger partial charge in [-0.05, 0) is 17.7 Å². The van der Waals surface area contributed by atoms with Gasteiger partial charge in [0.2, 0.25) is 0 Å². The van der Waals surface area contributed by atoms with E-state index in [1.165, 1.54) is 0 Å². The number of hydrogen-bond acceptors (Lipinski definition) is 2. The number of alkyl halides is 1. The van der Waals surface area contributed by atoms with Crippen LogP contribution in [0.3, 0.4) is 0 Å². The normalized spacial score (nSPS) is 12.5. The van der Waals surface area contributed by atoms with Gasteiger partial charge in [-0.25, -0.2) is 0 Å². The van der Waals surface area contributed by atoms with Crippen molar-refractivity contribution in [3.63, 3.8) is 0 Å². The van der Waals surface area contributed by atoms with Crippen molar-refractivity contribution < 1.29 is 9.84 Å². The summed E-state index contributed by atoms with van der Waals surface area (Å²) in [6.07, 6.45) is -0.107. The third kappa shape index (κ3) is 3.36. The van der Waals surface area contributed by atoms with Crippen molar-refractivity contribution >= 4 is 15.9 Å². The minimum atomic E-state index is -0.703. The first-order chi connectivity index (χ1) is 6.26. The number of ether oxygens (including phenoxy) is 1. The van der Waals surface area contributed by atoms with E-state index in [9.17, 15) is 5.11 Å². The topological polar surface area (TPSA) is 29.5 Å². The van der Waals surface area contributed by atoms with Gasteiger partial charge in [0.1, 0.15) is 5.75 Å². The SMILES string of the molecule is CCC(O)Oc1cccc(CBr)c1. The van der Waals surface area contributed by atoms with E-state index >= 15 is 0 Å². The summed E-state index contributed by atoms with van der Waals surface area (Å²) in [5, 5.41) is 10.0. The first-order valence-electron chi connectivity index (χ1n) is 4.26. The van der Waals surface area contributed by atoms with Crippen LogP contribution in [-0.2, 0) is 5.33 Å². The molecule has 72 valence electrons. The molecule has 0 amide bonds. The van der Waals surface area contributed by atoms with Crippen molar-refractivity contribution in [1.82, 2.24) is 0 Å². The van der Waals surface area contributed by atoms with Crippen LogP contribution in [0, 0.1) is 0 Å². The first kappa shape index (κ1) is 10.5. The second-order valence-corrected chi connectivity index (χ2v) is 3.32. The van der Waals surface area contributed by atoms with E-state index in [0.717, 1.165) is 10.9 Å². The molecule has 0 aliphatic heterocycles. The summed E-state index contributed by atoms with van der Waals surface area (Å²) >= 11 is 3.36. The van der Waals surface area contributed by atoms with Gasteiger partial charge in [-0.15, -0.1) is 0 Å². The smallest absolute Gasteiger partial charge is 0.197 e. The van der Waals surface area contributed by atoms with Gasteiger partial charge in [0.15, 0.2) is 6.29 Å². The Balaban J connectivity index is 2.66. The van der Waals surface area contributed by atoms with Gasteiger partial charge in [-0.1, -0.05) is 35.0 Å². The van der Waals surface area contributed by atoms with Crippen LogP contribution in [0.25, 0.3) is 0 Å². The molecule has 0 saturated heterocycles. The van der Waals surface area contributed by atoms with E-state index in [-0.39, 0.29) is 0 Å². The van der Waals surface area contributed by atoms with E-state index in [1.54, 1.807) is 0 Å². The van der Waals surface area contributed by atoms with Crippen molar-refractivity contribution in [2.75, 3.05) is 0 Å². The van der Waals surface area contributed by atoms with Crippen LogP contribution in [-0.4, -0.2) is 11.4 Å². The molecule has 0 aliphatic carbocycles. The third-order valence-corrected chi connectivity index (χ3v) is 2.32. The Morgan fingerprint density at radius 3 is 2.92 bits per heavy atom. The summed E-state index contributed by atoms with van der Waals surface area (Å²) in [7, 11) is 0. The predicted octanol–water partition coefficient (Wildman–Crippen LogP) is 2.69. The standard InChI is InChI=1S/C10H13BrO2/c1-2-10(12)13-9-5-3-4-8(6-9)7-11/h3-6,10,12H,2,7H2,1H3. The zero-order chi connectivity index (χ0) is 9.68. The van der Waals surface area contributed by atoms with Crippen LogP contribution >= 0.6 is 15.9 Å². The van der Waals surface area contributed by atoms with Crippen molar-refractivity contribution in [3.05, 3.63) is 29.8 Å². The van der Waals surface area contributed by atoms with Crippen molar-refractivity contribution in [1.29, 1.82) is 0 Å². The zero-order valence-electron chi connectivity index (χ0n) is 7.53. The summed E-state index contributed by atoms with van der Waals surface area (Å²) < 4.78 is 5.24. The first-order valence-corrected chi connectivity index (χ1v) is 5.38. The molecule has 1 aromatic carbocycles. The molecule has 1 atom stereocenters. The Morgan fingerprint density at radius 1 is 1.54 bits per heavy atom. The lowest BCUT2D eigenvalue weighted by Crippen LogP contribution is -2.13. The van der Waals surface area contributed by atoms with E-state index in [1.807, 2.05) is 31.2 Å². The maximum Gasteiger partial charge on any atom is 0.197 e. The molecule has 0 bridgehead atoms. The molecule has 1 N–H and O–H groups in total. The van der Waals surface area contributed by atoms with Gasteiger partial charge in [-0.2, -0.15) is 0 Å². The largest absolute Gasteiger partial charge is 0.465 e. The Kier molecular flexibility index (Phi) is 4.25. The van der Waals surface area contributed by atoms with Gasteiger partial charge in [0.05, 0.1) is 0 Å². The van der Waals surface area contributed by atoms with Crippen molar-refractivity contribution in [3.8, 4) is 5.75 Å². The highest BCUT2D eigenvalue weighted by molar-refractivity contribution is 9.08. The number of halogens is 1. The highest BCUT2D eigenvalue weighted by atomic mass is 79.9. The van der Waals surface area contributed by atoms with Gasteiger partial charge in [0.25, 0.3) is 0 Å². The lowest BCUT2D eigenvalue weighted by atomic mass is 10.2. The molecule has 0 fully saturated rings. The monoisotopic (exact) mass is 244 g/mol. The maximum atomic E-state index is 9.24. The van der Waals surface area contributed by atoms with Crippen molar-refractivity contribution in [2.24, 2.45) is 0 Å². The van der Waals surface area contributed by atoms with E-state index < -0.39 is 6.29 Å². The number of hydrogen-bond donors (Lipinski definition) is 1. The maximum absolute atomic E-state index is 9.24. The molecule has 0 saturated carbocycles. The Labute approximate surface area is 86.7 Å². The minimum absolute atomic E-state index is 0.596. The average molecular weight is 245 g/mol. The quantitative estimate of drug-likeness (QED) is 0.652. The van der Waals surface area contributed by atoms with Gasteiger partial charge >= 0.3 is 0 Å². The molecule has 2 nitrogen and oxygen atoms in total. The summed E-state index contributed by atoms with van der Waals surface area (Å²) in [6, 6.07) is 7.66. The summed E-state index contributed by atoms with van der Waals surface area (Å²) in [4.78, 5) is 0. The highest BCUT2D eigenvalue weighted by Crippen LogP contribution is 2.16. The molecular weight excluding hydrogens is 232 g/mol. The molecule has 13 heavy (non-hydrogen) atoms. The van der Waals surface area contributed by atoms with Crippen LogP contribution in [0.5, 0.6) is 5.75 Å². The van der Waals surface area contributed by atoms with Crippen molar-refractivity contribution in [2.45, 2.75) is 25.0 Å². The number of rotatable bonds is 4. The molecule has 0 spiro atoms. The van der Waals surface area contributed by atoms with E-state index in [4.69, 9.17) is 4.74 Å². The molecule has 0 heterocycles. The lowest BCUT2D eigenvalue weighted by Gasteiger charge is -2.11. The Morgan fingerprint density at radius 2 is 2.31 bits per heavy atom. The lowest BCUT2D eigenvalue weighted by molar-refractivity contribution is -0.0191. The molecule has 3 heteroatoms. The number of aliphatic hydroxyl groups excluding tert-OH is 1. The average Bonchev–Trinajstić information content (AvgIpc) is 2.18. The van der Waals surface area contributed by atoms with Gasteiger partial charge in [-0.3, -0.25) is 0 Å². The molecule has 1 aromatic rings. The fraction of sp³-hybridized carbons (Fsp3) is 0.400. The highest BCUT2D eigenvalue weighted by Gasteiger charge is 2.02. The molecule has 0 aliphatic rings. The van der Waals surface area contributed by atoms with E-state index in [0.29, 0.717) is 12.2 Å². The van der Waals surface area contributed by atoms with Gasteiger partial charge in [0, 0.05) is 11.8 Å². The summed E-state index contributed by atoms with van der Waals surface area (Å²) in [6.45, 7) is 1.87. The minimum Gasteiger partial charge on any atom is -0.465 e. The molecule has 0 radical (unpaired) electrons. The zero-order valence-corrected chi connectivity index (χ0v) is 9.12. The van der Waals surface area contributed by atoms with Crippen LogP contribution < -0.4 is 4.74 Å². The second-order valence-electron chi connectivity index (χ2n) is 2.76. The third-order valence-electron chi connectivity index (χ3n) is 1.67. The van der Waals surface area contributed by atoms with E-state index in [2.05, 4.69) is 15.9 Å². The van der Waals surface area contributed by atoms with Gasteiger partial charge < -0.3 is 9.84 Å². The Hall–Kier alpha value is -0.540. The summed E-state index contributed by atoms with van der Waals surface area (Å²) in [5.74, 6) is 0.714. The predicted molar refractivity (Wildman–Crippen MR) is 56.0 cm³/mol. The van der Waals surface area contributed by atoms with Crippen LogP contribution in [0.2, 0.25) is 0 Å². The number of aliphatic hydroxyl groups is 1. The van der Waals surface area contributed by atoms with Crippen LogP contribution in [0.4, 0.5) is 0 Å². The number of benzene rings is 1. The van der Waals surface area contributed by atoms with Crippen LogP contribution in [0.15, 0.2) is 24.3 Å². The summed E-state index contributed by atoms with van der Waals surface area (Å²) in [5.41, 5.74) is 1.14. The molecule has 0 aromatic heterocycles.